The molecule has 0 spiro atoms. The zero-order valence-corrected chi connectivity index (χ0v) is 32.2. The monoisotopic (exact) mass is 788 g/mol. The van der Waals surface area contributed by atoms with Crippen molar-refractivity contribution in [2.24, 2.45) is 0 Å². The van der Waals surface area contributed by atoms with Gasteiger partial charge in [-0.2, -0.15) is 4.90 Å². The van der Waals surface area contributed by atoms with Crippen molar-refractivity contribution in [3.63, 3.8) is 0 Å². The molecule has 1 saturated heterocycles. The number of nitrogens with zero attached hydrogens (tertiary/aromatic N) is 7. The van der Waals surface area contributed by atoms with Gasteiger partial charge in [0.15, 0.2) is 0 Å². The molecule has 2 heterocycles. The van der Waals surface area contributed by atoms with E-state index in [1.54, 1.807) is 26.8 Å². The Kier molecular flexibility index (Phi) is 12.2. The highest BCUT2D eigenvalue weighted by atomic mass is 35.5. The summed E-state index contributed by atoms with van der Waals surface area (Å²) in [5, 5.41) is 24.5. The van der Waals surface area contributed by atoms with Crippen LogP contribution in [0.3, 0.4) is 0 Å². The predicted molar refractivity (Wildman–Crippen MR) is 202 cm³/mol. The van der Waals surface area contributed by atoms with Crippen molar-refractivity contribution in [1.29, 1.82) is 0 Å². The summed E-state index contributed by atoms with van der Waals surface area (Å²) >= 11 is 12.8. The van der Waals surface area contributed by atoms with Crippen LogP contribution in [0.2, 0.25) is 10.0 Å². The number of aromatic nitrogens is 2. The highest BCUT2D eigenvalue weighted by molar-refractivity contribution is 6.43. The van der Waals surface area contributed by atoms with Crippen molar-refractivity contribution in [2.75, 3.05) is 49.1 Å². The Morgan fingerprint density at radius 1 is 1.00 bits per heavy atom. The highest BCUT2D eigenvalue weighted by Crippen LogP contribution is 2.46. The van der Waals surface area contributed by atoms with Gasteiger partial charge in [-0.15, -0.1) is 0 Å². The number of carbonyl (C=O) groups is 3. The van der Waals surface area contributed by atoms with Gasteiger partial charge in [-0.25, -0.2) is 29.3 Å². The van der Waals surface area contributed by atoms with Crippen molar-refractivity contribution < 1.29 is 38.6 Å². The SMILES string of the molecule is COc1cc(OC)c(Cl)c(N(C(=O)O)C(=O)NCc2cc(N(C(=O)OC(C)(C)C)c3ccc(N4CCC(N(C)C5CC5)CC4)cc3[N+](=O)[O-])ncn2)c1Cl. The minimum absolute atomic E-state index is 0.00181. The molecular weight excluding hydrogens is 747 g/mol. The van der Waals surface area contributed by atoms with Crippen LogP contribution in [0.1, 0.15) is 52.1 Å². The first kappa shape index (κ1) is 40.1. The zero-order chi connectivity index (χ0) is 39.5. The number of anilines is 4. The number of methoxy groups -OCH3 is 2. The number of hydrogen-bond acceptors (Lipinski definition) is 12. The molecule has 0 radical (unpaired) electrons. The number of nitrogens with one attached hydrogen (secondary N) is 1. The van der Waals surface area contributed by atoms with E-state index in [0.29, 0.717) is 17.8 Å². The van der Waals surface area contributed by atoms with Crippen LogP contribution >= 0.6 is 23.2 Å². The molecule has 290 valence electrons. The Bertz CT molecular complexity index is 1890. The summed E-state index contributed by atoms with van der Waals surface area (Å²) < 4.78 is 16.0. The Hall–Kier alpha value is -5.13. The average Bonchev–Trinajstić information content (AvgIpc) is 3.98. The van der Waals surface area contributed by atoms with Crippen molar-refractivity contribution in [3.8, 4) is 11.5 Å². The molecule has 17 nitrogen and oxygen atoms in total. The van der Waals surface area contributed by atoms with Crippen LogP contribution in [-0.4, -0.2) is 95.2 Å². The summed E-state index contributed by atoms with van der Waals surface area (Å²) in [6.45, 7) is 6.00. The van der Waals surface area contributed by atoms with Gasteiger partial charge in [-0.3, -0.25) is 10.1 Å². The third kappa shape index (κ3) is 8.97. The van der Waals surface area contributed by atoms with Crippen LogP contribution in [0.5, 0.6) is 11.5 Å². The lowest BCUT2D eigenvalue weighted by Crippen LogP contribution is -2.44. The number of hydrogen-bond donors (Lipinski definition) is 2. The van der Waals surface area contributed by atoms with E-state index >= 15 is 0 Å². The number of rotatable bonds is 11. The van der Waals surface area contributed by atoms with Crippen molar-refractivity contribution in [3.05, 3.63) is 62.5 Å². The largest absolute Gasteiger partial charge is 0.495 e. The summed E-state index contributed by atoms with van der Waals surface area (Å²) in [5.74, 6) is -0.113. The second-order valence-corrected chi connectivity index (χ2v) is 14.5. The lowest BCUT2D eigenvalue weighted by molar-refractivity contribution is -0.384. The lowest BCUT2D eigenvalue weighted by atomic mass is 10.0. The van der Waals surface area contributed by atoms with E-state index in [-0.39, 0.29) is 55.9 Å². The number of piperidine rings is 1. The maximum atomic E-state index is 13.8. The second-order valence-electron chi connectivity index (χ2n) is 13.8. The summed E-state index contributed by atoms with van der Waals surface area (Å²) in [5.41, 5.74) is -1.12. The number of nitro groups is 1. The first-order chi connectivity index (χ1) is 25.5. The number of benzene rings is 2. The number of amides is 4. The molecule has 3 aromatic rings. The van der Waals surface area contributed by atoms with E-state index in [4.69, 9.17) is 37.4 Å². The summed E-state index contributed by atoms with van der Waals surface area (Å²) in [7, 11) is 4.74. The van der Waals surface area contributed by atoms with E-state index in [1.807, 2.05) is 0 Å². The molecule has 0 bridgehead atoms. The molecule has 2 fully saturated rings. The fraction of sp³-hybridized carbons (Fsp3) is 0.457. The standard InChI is InChI=1S/C35H42Cl2N8O9/c1-35(2,3)54-34(49)43(24-10-9-23(16-25(24)45(50)51)42-13-11-22(12-14-42)41(4)21-7-8-21)28-15-20(39-19-40-28)18-38-32(46)44(33(47)48)31-29(36)26(52-5)17-27(53-6)30(31)37/h9-10,15-17,19,21-22H,7-8,11-14,18H2,1-6H3,(H,38,46)(H,47,48). The minimum atomic E-state index is -1.73. The van der Waals surface area contributed by atoms with Crippen molar-refractivity contribution in [2.45, 2.75) is 70.7 Å². The number of ether oxygens (including phenoxy) is 3. The van der Waals surface area contributed by atoms with Gasteiger partial charge in [-0.05, 0) is 65.6 Å². The normalized spacial score (nSPS) is 14.7. The maximum absolute atomic E-state index is 13.8. The number of imide groups is 1. The molecule has 1 aliphatic carbocycles. The third-order valence-corrected chi connectivity index (χ3v) is 9.76. The second kappa shape index (κ2) is 16.5. The van der Waals surface area contributed by atoms with Crippen LogP contribution in [0.15, 0.2) is 36.7 Å². The molecule has 5 rings (SSSR count). The smallest absolute Gasteiger partial charge is 0.420 e. The number of carboxylic acid groups (broad SMARTS) is 1. The maximum Gasteiger partial charge on any atom is 0.420 e. The van der Waals surface area contributed by atoms with E-state index in [9.17, 15) is 29.6 Å². The van der Waals surface area contributed by atoms with Crippen LogP contribution in [0.25, 0.3) is 0 Å². The van der Waals surface area contributed by atoms with E-state index in [1.165, 1.54) is 51.3 Å². The van der Waals surface area contributed by atoms with E-state index < -0.39 is 34.4 Å². The molecule has 54 heavy (non-hydrogen) atoms. The molecule has 1 saturated carbocycles. The number of carbonyl (C=O) groups excluding carboxylic acids is 2. The lowest BCUT2D eigenvalue weighted by Gasteiger charge is -2.38. The van der Waals surface area contributed by atoms with Crippen molar-refractivity contribution >= 4 is 70.0 Å². The number of nitro benzene ring substituents is 1. The minimum Gasteiger partial charge on any atom is -0.495 e. The van der Waals surface area contributed by atoms with Crippen LogP contribution in [0, 0.1) is 10.1 Å². The highest BCUT2D eigenvalue weighted by Gasteiger charge is 2.36. The van der Waals surface area contributed by atoms with Gasteiger partial charge in [-0.1, -0.05) is 23.2 Å². The molecule has 2 aromatic carbocycles. The predicted octanol–water partition coefficient (Wildman–Crippen LogP) is 7.24. The number of urea groups is 1. The first-order valence-electron chi connectivity index (χ1n) is 17.0. The Morgan fingerprint density at radius 2 is 1.61 bits per heavy atom. The molecule has 2 N–H and O–H groups in total. The fourth-order valence-electron chi connectivity index (χ4n) is 6.18. The van der Waals surface area contributed by atoms with Crippen LogP contribution < -0.4 is 29.5 Å². The average molecular weight is 790 g/mol. The first-order valence-corrected chi connectivity index (χ1v) is 17.8. The van der Waals surface area contributed by atoms with Crippen LogP contribution in [-0.2, 0) is 11.3 Å². The molecule has 19 heteroatoms. The van der Waals surface area contributed by atoms with Gasteiger partial charge in [0.25, 0.3) is 5.69 Å². The molecular formula is C35H42Cl2N8O9. The molecule has 2 aliphatic rings. The van der Waals surface area contributed by atoms with Gasteiger partial charge in [0.05, 0.1) is 31.4 Å². The van der Waals surface area contributed by atoms with E-state index in [0.717, 1.165) is 37.2 Å². The Labute approximate surface area is 321 Å². The molecule has 1 aromatic heterocycles. The summed E-state index contributed by atoms with van der Waals surface area (Å²) in [6.07, 6.45) is 2.69. The number of halogens is 2. The Balaban J connectivity index is 1.43. The topological polar surface area (TPSA) is 193 Å². The van der Waals surface area contributed by atoms with Gasteiger partial charge in [0.1, 0.15) is 50.7 Å². The van der Waals surface area contributed by atoms with Gasteiger partial charge >= 0.3 is 18.2 Å². The van der Waals surface area contributed by atoms with Gasteiger partial charge < -0.3 is 34.4 Å². The zero-order valence-electron chi connectivity index (χ0n) is 30.7. The molecule has 1 aliphatic heterocycles. The fourth-order valence-corrected chi connectivity index (χ4v) is 6.85. The molecule has 0 unspecified atom stereocenters. The quantitative estimate of drug-likeness (QED) is 0.146. The third-order valence-electron chi connectivity index (χ3n) is 9.03. The summed E-state index contributed by atoms with van der Waals surface area (Å²) in [4.78, 5) is 65.6. The molecule has 0 atom stereocenters. The van der Waals surface area contributed by atoms with Crippen molar-refractivity contribution in [1.82, 2.24) is 20.2 Å². The van der Waals surface area contributed by atoms with Gasteiger partial charge in [0.2, 0.25) is 0 Å². The summed E-state index contributed by atoms with van der Waals surface area (Å²) in [6, 6.07) is 7.20. The van der Waals surface area contributed by atoms with E-state index in [2.05, 4.69) is 32.1 Å². The Morgan fingerprint density at radius 3 is 2.15 bits per heavy atom. The van der Waals surface area contributed by atoms with Crippen LogP contribution in [0.4, 0.5) is 43.0 Å². The van der Waals surface area contributed by atoms with Gasteiger partial charge in [0, 0.05) is 49.1 Å². The molecule has 4 amide bonds.